The van der Waals surface area contributed by atoms with E-state index < -0.39 is 0 Å². The van der Waals surface area contributed by atoms with Crippen molar-refractivity contribution in [3.8, 4) is 0 Å². The summed E-state index contributed by atoms with van der Waals surface area (Å²) in [7, 11) is 0. The molecule has 3 rings (SSSR count). The van der Waals surface area contributed by atoms with Crippen LogP contribution in [0.1, 0.15) is 11.3 Å². The lowest BCUT2D eigenvalue weighted by molar-refractivity contribution is -0.120. The van der Waals surface area contributed by atoms with Crippen LogP contribution in [0.5, 0.6) is 0 Å². The highest BCUT2D eigenvalue weighted by molar-refractivity contribution is 5.90. The fraction of sp³-hybridized carbons (Fsp3) is 0.0526. The van der Waals surface area contributed by atoms with Gasteiger partial charge in [-0.05, 0) is 40.6 Å². The number of carbonyl (C=O) groups is 1. The van der Waals surface area contributed by atoms with Crippen molar-refractivity contribution in [2.24, 2.45) is 5.10 Å². The number of benzene rings is 2. The molecular formula is C19H16N2O2. The molecule has 2 aromatic carbocycles. The molecule has 1 heterocycles. The molecule has 0 saturated heterocycles. The summed E-state index contributed by atoms with van der Waals surface area (Å²) in [4.78, 5) is 12.0. The number of nitrogens with zero attached hydrogens (tertiary/aromatic N) is 1. The number of fused-ring (bicyclic) bond motifs is 1. The summed E-state index contributed by atoms with van der Waals surface area (Å²) in [5.74, 6) is 0.586. The Bertz CT molecular complexity index is 843. The van der Waals surface area contributed by atoms with Crippen LogP contribution in [0.15, 0.2) is 76.5 Å². The first-order valence-electron chi connectivity index (χ1n) is 7.31. The van der Waals surface area contributed by atoms with Gasteiger partial charge in [-0.15, -0.1) is 0 Å². The molecule has 3 aromatic rings. The molecule has 1 aromatic heterocycles. The van der Waals surface area contributed by atoms with E-state index in [9.17, 15) is 4.79 Å². The molecule has 1 N–H and O–H groups in total. The Balaban J connectivity index is 1.58. The van der Waals surface area contributed by atoms with Crippen molar-refractivity contribution in [1.82, 2.24) is 5.43 Å². The summed E-state index contributed by atoms with van der Waals surface area (Å²) in [6, 6.07) is 17.6. The number of amides is 1. The van der Waals surface area contributed by atoms with Gasteiger partial charge in [-0.2, -0.15) is 5.10 Å². The van der Waals surface area contributed by atoms with E-state index in [1.807, 2.05) is 54.6 Å². The minimum Gasteiger partial charge on any atom is -0.465 e. The molecule has 0 aliphatic rings. The van der Waals surface area contributed by atoms with Crippen LogP contribution >= 0.6 is 0 Å². The van der Waals surface area contributed by atoms with Crippen LogP contribution in [-0.4, -0.2) is 12.1 Å². The first kappa shape index (κ1) is 14.8. The molecule has 0 unspecified atom stereocenters. The molecule has 0 aliphatic carbocycles. The molecule has 4 heteroatoms. The van der Waals surface area contributed by atoms with E-state index in [-0.39, 0.29) is 5.91 Å². The number of nitrogens with one attached hydrogen (secondary N) is 1. The summed E-state index contributed by atoms with van der Waals surface area (Å²) in [6.07, 6.45) is 6.88. The molecule has 0 aliphatic heterocycles. The highest BCUT2D eigenvalue weighted by Gasteiger charge is 2.05. The number of rotatable bonds is 5. The number of hydrogen-bond acceptors (Lipinski definition) is 3. The zero-order valence-electron chi connectivity index (χ0n) is 12.5. The van der Waals surface area contributed by atoms with Crippen molar-refractivity contribution < 1.29 is 9.21 Å². The first-order chi connectivity index (χ1) is 11.3. The van der Waals surface area contributed by atoms with E-state index in [4.69, 9.17) is 4.42 Å². The van der Waals surface area contributed by atoms with Crippen molar-refractivity contribution in [2.45, 2.75) is 6.42 Å². The van der Waals surface area contributed by atoms with Crippen LogP contribution in [0, 0.1) is 0 Å². The Morgan fingerprint density at radius 2 is 1.96 bits per heavy atom. The standard InChI is InChI=1S/C19H16N2O2/c22-19(21-20-12-4-9-17-10-5-13-23-17)14-16-8-3-7-15-6-1-2-11-18(15)16/h1-13H,14H2,(H,21,22). The lowest BCUT2D eigenvalue weighted by atomic mass is 10.0. The summed E-state index contributed by atoms with van der Waals surface area (Å²) >= 11 is 0. The van der Waals surface area contributed by atoms with Crippen molar-refractivity contribution in [3.05, 3.63) is 78.3 Å². The minimum atomic E-state index is -0.149. The molecular weight excluding hydrogens is 288 g/mol. The maximum atomic E-state index is 12.0. The molecule has 0 fully saturated rings. The highest BCUT2D eigenvalue weighted by Crippen LogP contribution is 2.18. The number of hydrazone groups is 1. The molecule has 0 spiro atoms. The van der Waals surface area contributed by atoms with Crippen LogP contribution in [0.2, 0.25) is 0 Å². The van der Waals surface area contributed by atoms with E-state index in [1.165, 1.54) is 6.21 Å². The molecule has 114 valence electrons. The lowest BCUT2D eigenvalue weighted by Gasteiger charge is -2.05. The molecule has 0 radical (unpaired) electrons. The third-order valence-corrected chi connectivity index (χ3v) is 3.38. The van der Waals surface area contributed by atoms with Gasteiger partial charge in [0.15, 0.2) is 0 Å². The number of carbonyl (C=O) groups excluding carboxylic acids is 1. The Kier molecular flexibility index (Phi) is 4.64. The molecule has 4 nitrogen and oxygen atoms in total. The summed E-state index contributed by atoms with van der Waals surface area (Å²) in [5.41, 5.74) is 3.51. The Morgan fingerprint density at radius 3 is 2.83 bits per heavy atom. The van der Waals surface area contributed by atoms with E-state index in [1.54, 1.807) is 18.4 Å². The van der Waals surface area contributed by atoms with Crippen LogP contribution in [0.25, 0.3) is 16.8 Å². The van der Waals surface area contributed by atoms with Gasteiger partial charge in [-0.1, -0.05) is 42.5 Å². The molecule has 23 heavy (non-hydrogen) atoms. The molecule has 0 saturated carbocycles. The smallest absolute Gasteiger partial charge is 0.244 e. The molecule has 0 atom stereocenters. The Morgan fingerprint density at radius 1 is 1.09 bits per heavy atom. The zero-order chi connectivity index (χ0) is 15.9. The van der Waals surface area contributed by atoms with Crippen LogP contribution in [0.3, 0.4) is 0 Å². The van der Waals surface area contributed by atoms with Crippen molar-refractivity contribution >= 4 is 29.0 Å². The van der Waals surface area contributed by atoms with Crippen LogP contribution in [0.4, 0.5) is 0 Å². The topological polar surface area (TPSA) is 54.6 Å². The van der Waals surface area contributed by atoms with E-state index in [0.717, 1.165) is 22.1 Å². The largest absolute Gasteiger partial charge is 0.465 e. The predicted molar refractivity (Wildman–Crippen MR) is 92.0 cm³/mol. The summed E-state index contributed by atoms with van der Waals surface area (Å²) in [5, 5.41) is 6.11. The first-order valence-corrected chi connectivity index (χ1v) is 7.31. The van der Waals surface area contributed by atoms with Gasteiger partial charge >= 0.3 is 0 Å². The maximum Gasteiger partial charge on any atom is 0.244 e. The number of hydrogen-bond donors (Lipinski definition) is 1. The lowest BCUT2D eigenvalue weighted by Crippen LogP contribution is -2.19. The quantitative estimate of drug-likeness (QED) is 0.576. The Labute approximate surface area is 134 Å². The molecule has 1 amide bonds. The zero-order valence-corrected chi connectivity index (χ0v) is 12.5. The Hall–Kier alpha value is -3.14. The minimum absolute atomic E-state index is 0.149. The van der Waals surface area contributed by atoms with E-state index >= 15 is 0 Å². The SMILES string of the molecule is O=C(Cc1cccc2ccccc12)NN=CC=Cc1ccco1. The van der Waals surface area contributed by atoms with Crippen molar-refractivity contribution in [3.63, 3.8) is 0 Å². The van der Waals surface area contributed by atoms with E-state index in [0.29, 0.717) is 6.42 Å². The van der Waals surface area contributed by atoms with Gasteiger partial charge in [0.1, 0.15) is 5.76 Å². The predicted octanol–water partition coefficient (Wildman–Crippen LogP) is 3.79. The van der Waals surface area contributed by atoms with Gasteiger partial charge in [0.25, 0.3) is 0 Å². The fourth-order valence-electron chi connectivity index (χ4n) is 2.34. The second-order valence-electron chi connectivity index (χ2n) is 5.00. The highest BCUT2D eigenvalue weighted by atomic mass is 16.3. The monoisotopic (exact) mass is 304 g/mol. The van der Waals surface area contributed by atoms with Crippen molar-refractivity contribution in [2.75, 3.05) is 0 Å². The van der Waals surface area contributed by atoms with Gasteiger partial charge in [-0.25, -0.2) is 5.43 Å². The normalized spacial score (nSPS) is 11.5. The van der Waals surface area contributed by atoms with Gasteiger partial charge in [0.05, 0.1) is 12.7 Å². The average molecular weight is 304 g/mol. The second-order valence-corrected chi connectivity index (χ2v) is 5.00. The second kappa shape index (κ2) is 7.22. The third kappa shape index (κ3) is 3.95. The van der Waals surface area contributed by atoms with Gasteiger partial charge < -0.3 is 4.42 Å². The summed E-state index contributed by atoms with van der Waals surface area (Å²) in [6.45, 7) is 0. The van der Waals surface area contributed by atoms with Crippen LogP contribution < -0.4 is 5.43 Å². The number of allylic oxidation sites excluding steroid dienone is 1. The number of furan rings is 1. The third-order valence-electron chi connectivity index (χ3n) is 3.38. The van der Waals surface area contributed by atoms with Gasteiger partial charge in [-0.3, -0.25) is 4.79 Å². The average Bonchev–Trinajstić information content (AvgIpc) is 3.08. The van der Waals surface area contributed by atoms with Crippen LogP contribution in [-0.2, 0) is 11.2 Å². The molecule has 0 bridgehead atoms. The van der Waals surface area contributed by atoms with Crippen molar-refractivity contribution in [1.29, 1.82) is 0 Å². The van der Waals surface area contributed by atoms with E-state index in [2.05, 4.69) is 10.5 Å². The van der Waals surface area contributed by atoms with Gasteiger partial charge in [0.2, 0.25) is 5.91 Å². The summed E-state index contributed by atoms with van der Waals surface area (Å²) < 4.78 is 5.15. The fourth-order valence-corrected chi connectivity index (χ4v) is 2.34. The van der Waals surface area contributed by atoms with Gasteiger partial charge in [0, 0.05) is 6.21 Å². The maximum absolute atomic E-state index is 12.0.